The normalized spacial score (nSPS) is 16.2. The summed E-state index contributed by atoms with van der Waals surface area (Å²) in [6.07, 6.45) is 4.17. The number of halogens is 1. The van der Waals surface area contributed by atoms with Crippen LogP contribution in [-0.2, 0) is 11.3 Å². The highest BCUT2D eigenvalue weighted by atomic mass is 35.5. The average Bonchev–Trinajstić information content (AvgIpc) is 2.76. The van der Waals surface area contributed by atoms with E-state index >= 15 is 0 Å². The summed E-state index contributed by atoms with van der Waals surface area (Å²) in [5.41, 5.74) is 1.33. The first-order chi connectivity index (χ1) is 8.36. The van der Waals surface area contributed by atoms with Gasteiger partial charge < -0.3 is 10.2 Å². The predicted molar refractivity (Wildman–Crippen MR) is 78.3 cm³/mol. The van der Waals surface area contributed by atoms with E-state index in [9.17, 15) is 4.79 Å². The number of thiophene rings is 1. The van der Waals surface area contributed by atoms with Crippen molar-refractivity contribution < 1.29 is 4.79 Å². The molecule has 1 aliphatic rings. The monoisotopic (exact) mass is 288 g/mol. The van der Waals surface area contributed by atoms with Gasteiger partial charge in [0.15, 0.2) is 0 Å². The van der Waals surface area contributed by atoms with Crippen molar-refractivity contribution in [2.24, 2.45) is 0 Å². The van der Waals surface area contributed by atoms with Crippen LogP contribution in [0.4, 0.5) is 0 Å². The molecule has 1 fully saturated rings. The second-order valence-electron chi connectivity index (χ2n) is 4.50. The number of nitrogens with one attached hydrogen (secondary N) is 1. The lowest BCUT2D eigenvalue weighted by Crippen LogP contribution is -2.36. The van der Waals surface area contributed by atoms with Crippen LogP contribution in [-0.4, -0.2) is 30.4 Å². The van der Waals surface area contributed by atoms with E-state index in [1.807, 2.05) is 4.90 Å². The van der Waals surface area contributed by atoms with Gasteiger partial charge in [-0.05, 0) is 35.2 Å². The summed E-state index contributed by atoms with van der Waals surface area (Å²) in [5, 5.41) is 7.64. The summed E-state index contributed by atoms with van der Waals surface area (Å²) in [7, 11) is 0. The van der Waals surface area contributed by atoms with Crippen LogP contribution >= 0.6 is 23.7 Å². The zero-order valence-electron chi connectivity index (χ0n) is 10.6. The van der Waals surface area contributed by atoms with Gasteiger partial charge in [0, 0.05) is 32.6 Å². The summed E-state index contributed by atoms with van der Waals surface area (Å²) in [5.74, 6) is 0.333. The zero-order valence-corrected chi connectivity index (χ0v) is 12.2. The smallest absolute Gasteiger partial charge is 0.222 e. The van der Waals surface area contributed by atoms with Crippen LogP contribution in [0.25, 0.3) is 0 Å². The van der Waals surface area contributed by atoms with Gasteiger partial charge in [0.25, 0.3) is 0 Å². The number of carbonyl (C=O) groups excluding carboxylic acids is 1. The minimum Gasteiger partial charge on any atom is -0.341 e. The van der Waals surface area contributed by atoms with Crippen molar-refractivity contribution >= 4 is 29.7 Å². The Morgan fingerprint density at radius 3 is 3.00 bits per heavy atom. The number of hydrogen-bond acceptors (Lipinski definition) is 3. The number of carbonyl (C=O) groups is 1. The van der Waals surface area contributed by atoms with Gasteiger partial charge >= 0.3 is 0 Å². The second kappa shape index (κ2) is 8.51. The van der Waals surface area contributed by atoms with Crippen LogP contribution in [0.3, 0.4) is 0 Å². The van der Waals surface area contributed by atoms with Crippen molar-refractivity contribution in [1.29, 1.82) is 0 Å². The van der Waals surface area contributed by atoms with Crippen LogP contribution in [0.15, 0.2) is 16.8 Å². The van der Waals surface area contributed by atoms with Gasteiger partial charge in [-0.15, -0.1) is 12.4 Å². The Morgan fingerprint density at radius 2 is 2.22 bits per heavy atom. The Labute approximate surface area is 119 Å². The van der Waals surface area contributed by atoms with E-state index in [0.717, 1.165) is 45.4 Å². The summed E-state index contributed by atoms with van der Waals surface area (Å²) < 4.78 is 0. The van der Waals surface area contributed by atoms with Gasteiger partial charge in [-0.2, -0.15) is 11.3 Å². The second-order valence-corrected chi connectivity index (χ2v) is 5.28. The molecule has 1 amide bonds. The minimum atomic E-state index is 0. The third-order valence-corrected chi connectivity index (χ3v) is 3.87. The highest BCUT2D eigenvalue weighted by molar-refractivity contribution is 7.07. The highest BCUT2D eigenvalue weighted by Crippen LogP contribution is 2.10. The number of amides is 1. The van der Waals surface area contributed by atoms with E-state index in [-0.39, 0.29) is 12.4 Å². The molecule has 2 rings (SSSR count). The first-order valence-electron chi connectivity index (χ1n) is 6.36. The summed E-state index contributed by atoms with van der Waals surface area (Å²) >= 11 is 1.72. The molecule has 1 aromatic rings. The number of hydrogen-bond donors (Lipinski definition) is 1. The zero-order chi connectivity index (χ0) is 11.9. The standard InChI is InChI=1S/C13H20N2OS.ClH/c16-13-4-2-1-3-7-15(13)8-6-14-10-12-5-9-17-11-12;/h5,9,11,14H,1-4,6-8,10H2;1H. The Hall–Kier alpha value is -0.580. The van der Waals surface area contributed by atoms with Crippen molar-refractivity contribution in [2.45, 2.75) is 32.2 Å². The van der Waals surface area contributed by atoms with Crippen LogP contribution < -0.4 is 5.32 Å². The van der Waals surface area contributed by atoms with Crippen molar-refractivity contribution in [1.82, 2.24) is 10.2 Å². The number of nitrogens with zero attached hydrogens (tertiary/aromatic N) is 1. The molecule has 0 spiro atoms. The van der Waals surface area contributed by atoms with E-state index in [2.05, 4.69) is 22.1 Å². The van der Waals surface area contributed by atoms with Crippen molar-refractivity contribution in [2.75, 3.05) is 19.6 Å². The van der Waals surface area contributed by atoms with Gasteiger partial charge in [0.2, 0.25) is 5.91 Å². The van der Waals surface area contributed by atoms with Crippen LogP contribution in [0.1, 0.15) is 31.2 Å². The summed E-state index contributed by atoms with van der Waals surface area (Å²) in [4.78, 5) is 13.7. The van der Waals surface area contributed by atoms with E-state index in [4.69, 9.17) is 0 Å². The van der Waals surface area contributed by atoms with Gasteiger partial charge in [-0.1, -0.05) is 6.42 Å². The molecule has 18 heavy (non-hydrogen) atoms. The SMILES string of the molecule is Cl.O=C1CCCCCN1CCNCc1ccsc1. The molecule has 5 heteroatoms. The molecular weight excluding hydrogens is 268 g/mol. The minimum absolute atomic E-state index is 0. The van der Waals surface area contributed by atoms with Crippen molar-refractivity contribution in [3.63, 3.8) is 0 Å². The van der Waals surface area contributed by atoms with E-state index in [1.165, 1.54) is 12.0 Å². The number of likely N-dealkylation sites (tertiary alicyclic amines) is 1. The molecule has 2 heterocycles. The number of rotatable bonds is 5. The molecule has 0 bridgehead atoms. The summed E-state index contributed by atoms with van der Waals surface area (Å²) in [6.45, 7) is 3.59. The van der Waals surface area contributed by atoms with Crippen LogP contribution in [0.2, 0.25) is 0 Å². The highest BCUT2D eigenvalue weighted by Gasteiger charge is 2.15. The Kier molecular flexibility index (Phi) is 7.32. The lowest BCUT2D eigenvalue weighted by atomic mass is 10.2. The molecule has 1 N–H and O–H groups in total. The van der Waals surface area contributed by atoms with E-state index in [1.54, 1.807) is 11.3 Å². The summed E-state index contributed by atoms with van der Waals surface area (Å²) in [6, 6.07) is 2.13. The largest absolute Gasteiger partial charge is 0.341 e. The average molecular weight is 289 g/mol. The maximum Gasteiger partial charge on any atom is 0.222 e. The maximum atomic E-state index is 11.7. The van der Waals surface area contributed by atoms with Gasteiger partial charge in [0.1, 0.15) is 0 Å². The molecule has 0 aromatic carbocycles. The quantitative estimate of drug-likeness (QED) is 0.845. The molecule has 0 radical (unpaired) electrons. The Bertz CT molecular complexity index is 343. The molecule has 3 nitrogen and oxygen atoms in total. The molecule has 102 valence electrons. The molecule has 1 aromatic heterocycles. The third-order valence-electron chi connectivity index (χ3n) is 3.14. The Balaban J connectivity index is 0.00000162. The molecule has 0 atom stereocenters. The lowest BCUT2D eigenvalue weighted by Gasteiger charge is -2.20. The van der Waals surface area contributed by atoms with Crippen molar-refractivity contribution in [3.8, 4) is 0 Å². The molecule has 0 saturated carbocycles. The lowest BCUT2D eigenvalue weighted by molar-refractivity contribution is -0.130. The van der Waals surface area contributed by atoms with Gasteiger partial charge in [-0.25, -0.2) is 0 Å². The fraction of sp³-hybridized carbons (Fsp3) is 0.615. The van der Waals surface area contributed by atoms with Crippen LogP contribution in [0, 0.1) is 0 Å². The molecule has 1 saturated heterocycles. The fourth-order valence-corrected chi connectivity index (χ4v) is 2.78. The fourth-order valence-electron chi connectivity index (χ4n) is 2.11. The van der Waals surface area contributed by atoms with Crippen molar-refractivity contribution in [3.05, 3.63) is 22.4 Å². The molecule has 0 unspecified atom stereocenters. The topological polar surface area (TPSA) is 32.3 Å². The predicted octanol–water partition coefficient (Wildman–Crippen LogP) is 2.66. The molecule has 1 aliphatic heterocycles. The van der Waals surface area contributed by atoms with E-state index in [0.29, 0.717) is 5.91 Å². The maximum absolute atomic E-state index is 11.7. The molecular formula is C13H21ClN2OS. The third kappa shape index (κ3) is 4.96. The first kappa shape index (κ1) is 15.5. The van der Waals surface area contributed by atoms with Crippen LogP contribution in [0.5, 0.6) is 0 Å². The van der Waals surface area contributed by atoms with E-state index < -0.39 is 0 Å². The Morgan fingerprint density at radius 1 is 1.33 bits per heavy atom. The molecule has 0 aliphatic carbocycles. The van der Waals surface area contributed by atoms with Gasteiger partial charge in [-0.3, -0.25) is 4.79 Å². The first-order valence-corrected chi connectivity index (χ1v) is 7.30. The van der Waals surface area contributed by atoms with Gasteiger partial charge in [0.05, 0.1) is 0 Å².